The van der Waals surface area contributed by atoms with E-state index in [2.05, 4.69) is 9.97 Å². The van der Waals surface area contributed by atoms with E-state index >= 15 is 0 Å². The molecule has 8 heteroatoms. The van der Waals surface area contributed by atoms with E-state index in [4.69, 9.17) is 4.42 Å². The molecule has 0 saturated heterocycles. The first-order chi connectivity index (χ1) is 16.5. The fourth-order valence-electron chi connectivity index (χ4n) is 3.68. The predicted molar refractivity (Wildman–Crippen MR) is 128 cm³/mol. The maximum atomic E-state index is 14.1. The number of rotatable bonds is 6. The van der Waals surface area contributed by atoms with Gasteiger partial charge in [-0.05, 0) is 42.8 Å². The summed E-state index contributed by atoms with van der Waals surface area (Å²) in [6, 6.07) is 18.6. The number of thiazole rings is 1. The molecule has 0 fully saturated rings. The Morgan fingerprint density at radius 2 is 1.85 bits per heavy atom. The molecule has 5 rings (SSSR count). The predicted octanol–water partition coefficient (Wildman–Crippen LogP) is 6.84. The highest BCUT2D eigenvalue weighted by Gasteiger charge is 2.24. The molecule has 0 bridgehead atoms. The van der Waals surface area contributed by atoms with E-state index in [-0.39, 0.29) is 30.1 Å². The number of anilines is 2. The molecule has 0 spiro atoms. The maximum absolute atomic E-state index is 14.1. The van der Waals surface area contributed by atoms with Gasteiger partial charge in [-0.3, -0.25) is 9.69 Å². The molecule has 2 aromatic heterocycles. The second-order valence-electron chi connectivity index (χ2n) is 7.72. The number of para-hydroxylation sites is 2. The number of benzene rings is 3. The van der Waals surface area contributed by atoms with E-state index in [1.165, 1.54) is 23.6 Å². The molecule has 0 saturated carbocycles. The first-order valence-corrected chi connectivity index (χ1v) is 11.5. The molecule has 3 aromatic carbocycles. The lowest BCUT2D eigenvalue weighted by Crippen LogP contribution is -2.26. The highest BCUT2D eigenvalue weighted by molar-refractivity contribution is 7.22. The van der Waals surface area contributed by atoms with Gasteiger partial charge in [0.1, 0.15) is 11.6 Å². The van der Waals surface area contributed by atoms with Crippen molar-refractivity contribution >= 4 is 38.3 Å². The monoisotopic (exact) mass is 475 g/mol. The topological polar surface area (TPSA) is 59.2 Å². The van der Waals surface area contributed by atoms with Gasteiger partial charge in [-0.2, -0.15) is 0 Å². The van der Waals surface area contributed by atoms with Crippen molar-refractivity contribution in [3.05, 3.63) is 96.0 Å². The highest BCUT2D eigenvalue weighted by atomic mass is 32.1. The van der Waals surface area contributed by atoms with Crippen LogP contribution in [0, 0.1) is 18.6 Å². The number of aryl methyl sites for hydroxylation is 2. The molecule has 0 aliphatic heterocycles. The van der Waals surface area contributed by atoms with Crippen LogP contribution in [-0.4, -0.2) is 15.9 Å². The molecule has 5 nitrogen and oxygen atoms in total. The number of hydrogen-bond donors (Lipinski definition) is 0. The second kappa shape index (κ2) is 9.15. The molecule has 0 atom stereocenters. The summed E-state index contributed by atoms with van der Waals surface area (Å²) >= 11 is 1.45. The number of aromatic nitrogens is 2. The summed E-state index contributed by atoms with van der Waals surface area (Å²) in [6.45, 7) is 1.94. The molecule has 5 aromatic rings. The SMILES string of the molecule is Cc1ccccc1N(C(=O)CCc1ncc(-c2ccc(F)cc2F)o1)c1nc2ccccc2s1. The van der Waals surface area contributed by atoms with Gasteiger partial charge in [-0.1, -0.05) is 41.7 Å². The van der Waals surface area contributed by atoms with Gasteiger partial charge in [0.25, 0.3) is 0 Å². The Bertz CT molecular complexity index is 1460. The van der Waals surface area contributed by atoms with Gasteiger partial charge in [0.05, 0.1) is 27.7 Å². The third-order valence-corrected chi connectivity index (χ3v) is 6.40. The Hall–Kier alpha value is -3.91. The molecule has 0 N–H and O–H groups in total. The van der Waals surface area contributed by atoms with Crippen molar-refractivity contribution in [3.63, 3.8) is 0 Å². The zero-order chi connectivity index (χ0) is 23.7. The van der Waals surface area contributed by atoms with Gasteiger partial charge >= 0.3 is 0 Å². The molecule has 0 aliphatic carbocycles. The fourth-order valence-corrected chi connectivity index (χ4v) is 4.68. The maximum Gasteiger partial charge on any atom is 0.233 e. The van der Waals surface area contributed by atoms with Crippen LogP contribution in [0.2, 0.25) is 0 Å². The zero-order valence-corrected chi connectivity index (χ0v) is 19.0. The van der Waals surface area contributed by atoms with E-state index in [9.17, 15) is 13.6 Å². The van der Waals surface area contributed by atoms with Crippen LogP contribution in [0.4, 0.5) is 19.6 Å². The standard InChI is InChI=1S/C26H19F2N3O2S/c1-16-6-2-4-8-21(16)31(26-30-20-7-3-5-9-23(20)34-26)25(32)13-12-24-29-15-22(33-24)18-11-10-17(27)14-19(18)28/h2-11,14-15H,12-13H2,1H3. The van der Waals surface area contributed by atoms with Crippen LogP contribution in [0.15, 0.2) is 77.3 Å². The normalized spacial score (nSPS) is 11.1. The van der Waals surface area contributed by atoms with Crippen molar-refractivity contribution in [3.8, 4) is 11.3 Å². The third kappa shape index (κ3) is 4.32. The lowest BCUT2D eigenvalue weighted by molar-refractivity contribution is -0.117. The van der Waals surface area contributed by atoms with Crippen LogP contribution in [0.1, 0.15) is 17.9 Å². The third-order valence-electron chi connectivity index (χ3n) is 5.38. The van der Waals surface area contributed by atoms with E-state index in [0.29, 0.717) is 11.0 Å². The number of fused-ring (bicyclic) bond motifs is 1. The van der Waals surface area contributed by atoms with Crippen LogP contribution in [0.3, 0.4) is 0 Å². The quantitative estimate of drug-likeness (QED) is 0.270. The minimum absolute atomic E-state index is 0.107. The van der Waals surface area contributed by atoms with Crippen molar-refractivity contribution in [1.29, 1.82) is 0 Å². The molecular formula is C26H19F2N3O2S. The number of amides is 1. The Morgan fingerprint density at radius 3 is 2.65 bits per heavy atom. The lowest BCUT2D eigenvalue weighted by Gasteiger charge is -2.21. The molecule has 34 heavy (non-hydrogen) atoms. The number of halogens is 2. The van der Waals surface area contributed by atoms with Crippen molar-refractivity contribution < 1.29 is 18.0 Å². The van der Waals surface area contributed by atoms with Crippen molar-refractivity contribution in [2.24, 2.45) is 0 Å². The molecule has 0 aliphatic rings. The molecule has 1 amide bonds. The summed E-state index contributed by atoms with van der Waals surface area (Å²) in [5, 5.41) is 0.585. The Morgan fingerprint density at radius 1 is 1.06 bits per heavy atom. The fraction of sp³-hybridized carbons (Fsp3) is 0.115. The van der Waals surface area contributed by atoms with E-state index in [1.807, 2.05) is 55.5 Å². The van der Waals surface area contributed by atoms with E-state index < -0.39 is 11.6 Å². The number of hydrogen-bond acceptors (Lipinski definition) is 5. The average Bonchev–Trinajstić information content (AvgIpc) is 3.46. The van der Waals surface area contributed by atoms with E-state index in [0.717, 1.165) is 33.6 Å². The van der Waals surface area contributed by atoms with Crippen LogP contribution < -0.4 is 4.90 Å². The van der Waals surface area contributed by atoms with Crippen molar-refractivity contribution in [1.82, 2.24) is 9.97 Å². The molecule has 2 heterocycles. The molecule has 0 radical (unpaired) electrons. The number of carbonyl (C=O) groups excluding carboxylic acids is 1. The summed E-state index contributed by atoms with van der Waals surface area (Å²) < 4.78 is 33.9. The number of nitrogens with zero attached hydrogens (tertiary/aromatic N) is 3. The summed E-state index contributed by atoms with van der Waals surface area (Å²) in [5.41, 5.74) is 2.64. The van der Waals surface area contributed by atoms with Gasteiger partial charge < -0.3 is 4.42 Å². The lowest BCUT2D eigenvalue weighted by atomic mass is 10.1. The molecule has 170 valence electrons. The van der Waals surface area contributed by atoms with Crippen LogP contribution in [0.5, 0.6) is 0 Å². The largest absolute Gasteiger partial charge is 0.441 e. The first kappa shape index (κ1) is 21.9. The van der Waals surface area contributed by atoms with Gasteiger partial charge in [0, 0.05) is 18.9 Å². The minimum atomic E-state index is -0.736. The Balaban J connectivity index is 1.40. The first-order valence-electron chi connectivity index (χ1n) is 10.6. The van der Waals surface area contributed by atoms with Gasteiger partial charge in [-0.15, -0.1) is 0 Å². The van der Waals surface area contributed by atoms with Gasteiger partial charge in [0.2, 0.25) is 5.91 Å². The van der Waals surface area contributed by atoms with Gasteiger partial charge in [0.15, 0.2) is 16.8 Å². The van der Waals surface area contributed by atoms with Crippen molar-refractivity contribution in [2.45, 2.75) is 19.8 Å². The summed E-state index contributed by atoms with van der Waals surface area (Å²) in [4.78, 5) is 23.9. The minimum Gasteiger partial charge on any atom is -0.441 e. The summed E-state index contributed by atoms with van der Waals surface area (Å²) in [7, 11) is 0. The Kier molecular flexibility index (Phi) is 5.90. The van der Waals surface area contributed by atoms with Crippen molar-refractivity contribution in [2.75, 3.05) is 4.90 Å². The van der Waals surface area contributed by atoms with Gasteiger partial charge in [-0.25, -0.2) is 18.7 Å². The van der Waals surface area contributed by atoms with E-state index in [1.54, 1.807) is 4.90 Å². The summed E-state index contributed by atoms with van der Waals surface area (Å²) in [6.07, 6.45) is 1.70. The Labute approximate surface area is 198 Å². The smallest absolute Gasteiger partial charge is 0.233 e. The number of carbonyl (C=O) groups is 1. The highest BCUT2D eigenvalue weighted by Crippen LogP contribution is 2.35. The van der Waals surface area contributed by atoms with Crippen LogP contribution in [-0.2, 0) is 11.2 Å². The van der Waals surface area contributed by atoms with Crippen LogP contribution in [0.25, 0.3) is 21.5 Å². The zero-order valence-electron chi connectivity index (χ0n) is 18.2. The molecular weight excluding hydrogens is 456 g/mol. The van der Waals surface area contributed by atoms with Crippen LogP contribution >= 0.6 is 11.3 Å². The summed E-state index contributed by atoms with van der Waals surface area (Å²) in [5.74, 6) is -1.10. The second-order valence-corrected chi connectivity index (χ2v) is 8.73. The average molecular weight is 476 g/mol. The number of oxazole rings is 1. The molecule has 0 unspecified atom stereocenters.